The minimum atomic E-state index is -0.207. The van der Waals surface area contributed by atoms with E-state index in [1.165, 1.54) is 25.5 Å². The molecule has 2 N–H and O–H groups in total. The average Bonchev–Trinajstić information content (AvgIpc) is 2.70. The molecule has 3 nitrogen and oxygen atoms in total. The Labute approximate surface area is 108 Å². The van der Waals surface area contributed by atoms with E-state index in [1.54, 1.807) is 12.1 Å². The Balaban J connectivity index is 1.96. The van der Waals surface area contributed by atoms with Gasteiger partial charge in [0.05, 0.1) is 0 Å². The summed E-state index contributed by atoms with van der Waals surface area (Å²) in [7, 11) is 4.18. The molecule has 0 radical (unpaired) electrons. The zero-order valence-corrected chi connectivity index (χ0v) is 11.2. The Kier molecular flexibility index (Phi) is 4.19. The van der Waals surface area contributed by atoms with Gasteiger partial charge in [0, 0.05) is 30.4 Å². The maximum absolute atomic E-state index is 13.7. The molecule has 1 aromatic rings. The second-order valence-electron chi connectivity index (χ2n) is 5.28. The molecule has 1 aliphatic heterocycles. The van der Waals surface area contributed by atoms with Crippen molar-refractivity contribution in [3.8, 4) is 0 Å². The summed E-state index contributed by atoms with van der Waals surface area (Å²) < 4.78 is 13.7. The van der Waals surface area contributed by atoms with Crippen LogP contribution in [-0.4, -0.2) is 43.0 Å². The van der Waals surface area contributed by atoms with E-state index < -0.39 is 0 Å². The van der Waals surface area contributed by atoms with Gasteiger partial charge in [-0.1, -0.05) is 6.07 Å². The fourth-order valence-electron chi connectivity index (χ4n) is 2.65. The number of nitrogens with two attached hydrogens (primary N) is 1. The number of hydrogen-bond acceptors (Lipinski definition) is 3. The van der Waals surface area contributed by atoms with Crippen molar-refractivity contribution in [1.82, 2.24) is 9.80 Å². The summed E-state index contributed by atoms with van der Waals surface area (Å²) in [6.07, 6.45) is 2.49. The van der Waals surface area contributed by atoms with E-state index in [4.69, 9.17) is 5.73 Å². The minimum absolute atomic E-state index is 0.207. The molecule has 1 aromatic carbocycles. The maximum atomic E-state index is 13.7. The number of rotatable bonds is 4. The smallest absolute Gasteiger partial charge is 0.129 e. The molecule has 0 saturated carbocycles. The number of nitrogen functional groups attached to an aromatic ring is 1. The van der Waals surface area contributed by atoms with E-state index in [9.17, 15) is 4.39 Å². The molecule has 1 unspecified atom stereocenters. The van der Waals surface area contributed by atoms with Crippen LogP contribution in [0.15, 0.2) is 18.2 Å². The minimum Gasteiger partial charge on any atom is -0.398 e. The van der Waals surface area contributed by atoms with Crippen molar-refractivity contribution < 1.29 is 4.39 Å². The third-order valence-corrected chi connectivity index (χ3v) is 3.78. The molecule has 100 valence electrons. The summed E-state index contributed by atoms with van der Waals surface area (Å²) in [5.74, 6) is -0.207. The van der Waals surface area contributed by atoms with E-state index in [0.717, 1.165) is 6.54 Å². The van der Waals surface area contributed by atoms with E-state index in [1.807, 2.05) is 7.05 Å². The number of hydrogen-bond donors (Lipinski definition) is 1. The van der Waals surface area contributed by atoms with Gasteiger partial charge in [-0.05, 0) is 45.6 Å². The lowest BCUT2D eigenvalue weighted by molar-refractivity contribution is 0.214. The van der Waals surface area contributed by atoms with Crippen LogP contribution in [-0.2, 0) is 6.54 Å². The highest BCUT2D eigenvalue weighted by Gasteiger charge is 2.22. The van der Waals surface area contributed by atoms with E-state index >= 15 is 0 Å². The molecule has 1 fully saturated rings. The predicted molar refractivity (Wildman–Crippen MR) is 72.8 cm³/mol. The Morgan fingerprint density at radius 1 is 1.50 bits per heavy atom. The Morgan fingerprint density at radius 3 is 2.89 bits per heavy atom. The zero-order chi connectivity index (χ0) is 13.1. The summed E-state index contributed by atoms with van der Waals surface area (Å²) >= 11 is 0. The second-order valence-corrected chi connectivity index (χ2v) is 5.28. The standard InChI is InChI=1S/C14H22FN3/c1-17(9-11-5-4-8-18(11)2)10-12-13(15)6-3-7-14(12)16/h3,6-7,11H,4-5,8-10,16H2,1-2H3. The lowest BCUT2D eigenvalue weighted by atomic mass is 10.1. The maximum Gasteiger partial charge on any atom is 0.129 e. The third kappa shape index (κ3) is 3.00. The van der Waals surface area contributed by atoms with Crippen molar-refractivity contribution in [3.63, 3.8) is 0 Å². The normalized spacial score (nSPS) is 20.8. The molecule has 1 saturated heterocycles. The molecular formula is C14H22FN3. The molecule has 0 bridgehead atoms. The predicted octanol–water partition coefficient (Wildman–Crippen LogP) is 1.93. The molecular weight excluding hydrogens is 229 g/mol. The van der Waals surface area contributed by atoms with Gasteiger partial charge in [-0.25, -0.2) is 4.39 Å². The summed E-state index contributed by atoms with van der Waals surface area (Å²) in [5.41, 5.74) is 6.98. The van der Waals surface area contributed by atoms with E-state index in [0.29, 0.717) is 23.8 Å². The molecule has 0 aromatic heterocycles. The van der Waals surface area contributed by atoms with Crippen molar-refractivity contribution in [2.75, 3.05) is 32.9 Å². The van der Waals surface area contributed by atoms with E-state index in [-0.39, 0.29) is 5.82 Å². The lowest BCUT2D eigenvalue weighted by Crippen LogP contribution is -2.36. The number of nitrogens with zero attached hydrogens (tertiary/aromatic N) is 2. The Morgan fingerprint density at radius 2 is 2.28 bits per heavy atom. The van der Waals surface area contributed by atoms with Gasteiger partial charge in [-0.3, -0.25) is 0 Å². The largest absolute Gasteiger partial charge is 0.398 e. The van der Waals surface area contributed by atoms with Gasteiger partial charge in [0.2, 0.25) is 0 Å². The van der Waals surface area contributed by atoms with Gasteiger partial charge in [0.15, 0.2) is 0 Å². The number of likely N-dealkylation sites (N-methyl/N-ethyl adjacent to an activating group) is 2. The molecule has 0 spiro atoms. The molecule has 0 amide bonds. The van der Waals surface area contributed by atoms with Crippen molar-refractivity contribution in [1.29, 1.82) is 0 Å². The van der Waals surface area contributed by atoms with Crippen LogP contribution in [0.4, 0.5) is 10.1 Å². The van der Waals surface area contributed by atoms with Gasteiger partial charge < -0.3 is 15.5 Å². The highest BCUT2D eigenvalue weighted by molar-refractivity contribution is 5.47. The Hall–Kier alpha value is -1.13. The number of benzene rings is 1. The van der Waals surface area contributed by atoms with Crippen LogP contribution in [0.25, 0.3) is 0 Å². The zero-order valence-electron chi connectivity index (χ0n) is 11.2. The van der Waals surface area contributed by atoms with Crippen molar-refractivity contribution in [2.45, 2.75) is 25.4 Å². The fraction of sp³-hybridized carbons (Fsp3) is 0.571. The highest BCUT2D eigenvalue weighted by Crippen LogP contribution is 2.20. The first kappa shape index (κ1) is 13.3. The van der Waals surface area contributed by atoms with Crippen LogP contribution in [0.5, 0.6) is 0 Å². The fourth-order valence-corrected chi connectivity index (χ4v) is 2.65. The number of anilines is 1. The summed E-state index contributed by atoms with van der Waals surface area (Å²) in [6.45, 7) is 2.70. The van der Waals surface area contributed by atoms with Gasteiger partial charge >= 0.3 is 0 Å². The van der Waals surface area contributed by atoms with Crippen LogP contribution in [0, 0.1) is 5.82 Å². The van der Waals surface area contributed by atoms with Gasteiger partial charge in [0.1, 0.15) is 5.82 Å². The molecule has 1 heterocycles. The highest BCUT2D eigenvalue weighted by atomic mass is 19.1. The number of halogens is 1. The summed E-state index contributed by atoms with van der Waals surface area (Å²) in [6, 6.07) is 5.47. The van der Waals surface area contributed by atoms with Crippen LogP contribution in [0.1, 0.15) is 18.4 Å². The van der Waals surface area contributed by atoms with Gasteiger partial charge in [0.25, 0.3) is 0 Å². The molecule has 1 aliphatic rings. The third-order valence-electron chi connectivity index (χ3n) is 3.78. The first-order valence-electron chi connectivity index (χ1n) is 6.49. The van der Waals surface area contributed by atoms with Crippen LogP contribution in [0.3, 0.4) is 0 Å². The lowest BCUT2D eigenvalue weighted by Gasteiger charge is -2.26. The van der Waals surface area contributed by atoms with Crippen molar-refractivity contribution >= 4 is 5.69 Å². The van der Waals surface area contributed by atoms with Crippen molar-refractivity contribution in [2.24, 2.45) is 0 Å². The molecule has 0 aliphatic carbocycles. The first-order valence-corrected chi connectivity index (χ1v) is 6.49. The van der Waals surface area contributed by atoms with Crippen LogP contribution in [0.2, 0.25) is 0 Å². The van der Waals surface area contributed by atoms with Crippen LogP contribution >= 0.6 is 0 Å². The average molecular weight is 251 g/mol. The first-order chi connectivity index (χ1) is 8.58. The van der Waals surface area contributed by atoms with Crippen LogP contribution < -0.4 is 5.73 Å². The van der Waals surface area contributed by atoms with Gasteiger partial charge in [-0.2, -0.15) is 0 Å². The van der Waals surface area contributed by atoms with E-state index in [2.05, 4.69) is 16.8 Å². The Bertz CT molecular complexity index is 388. The SMILES string of the molecule is CN(Cc1c(N)cccc1F)CC1CCCN1C. The quantitative estimate of drug-likeness (QED) is 0.830. The molecule has 18 heavy (non-hydrogen) atoms. The summed E-state index contributed by atoms with van der Waals surface area (Å²) in [4.78, 5) is 4.53. The topological polar surface area (TPSA) is 32.5 Å². The van der Waals surface area contributed by atoms with Crippen molar-refractivity contribution in [3.05, 3.63) is 29.6 Å². The monoisotopic (exact) mass is 251 g/mol. The summed E-state index contributed by atoms with van der Waals surface area (Å²) in [5, 5.41) is 0. The number of likely N-dealkylation sites (tertiary alicyclic amines) is 1. The van der Waals surface area contributed by atoms with Gasteiger partial charge in [-0.15, -0.1) is 0 Å². The molecule has 1 atom stereocenters. The second kappa shape index (κ2) is 5.67. The molecule has 4 heteroatoms. The molecule has 2 rings (SSSR count).